The molecule has 0 saturated heterocycles. The molecule has 0 rings (SSSR count). The fourth-order valence-corrected chi connectivity index (χ4v) is 4.27. The Hall–Kier alpha value is -0.0231. The van der Waals surface area contributed by atoms with E-state index < -0.39 is 8.32 Å². The SMILES string of the molecule is CCCCCCCCCCCCOCCOCCOCCOCCOCCO[Si](C)(C)C(C)(C)C. The van der Waals surface area contributed by atoms with Crippen LogP contribution in [0.1, 0.15) is 91.9 Å². The Labute approximate surface area is 219 Å². The van der Waals surface area contributed by atoms with Crippen molar-refractivity contribution in [2.24, 2.45) is 0 Å². The molecular formula is C28H60O6Si. The molecule has 0 saturated carbocycles. The Morgan fingerprint density at radius 1 is 0.429 bits per heavy atom. The molecule has 0 spiro atoms. The van der Waals surface area contributed by atoms with Gasteiger partial charge in [0, 0.05) is 6.61 Å². The Bertz CT molecular complexity index is 428. The highest BCUT2D eigenvalue weighted by Crippen LogP contribution is 2.36. The number of ether oxygens (including phenoxy) is 5. The van der Waals surface area contributed by atoms with Crippen molar-refractivity contribution in [1.82, 2.24) is 0 Å². The van der Waals surface area contributed by atoms with Crippen molar-refractivity contribution in [3.05, 3.63) is 0 Å². The van der Waals surface area contributed by atoms with E-state index in [1.807, 2.05) is 0 Å². The molecule has 0 aromatic carbocycles. The quantitative estimate of drug-likeness (QED) is 0.0857. The molecule has 6 nitrogen and oxygen atoms in total. The van der Waals surface area contributed by atoms with E-state index in [9.17, 15) is 0 Å². The van der Waals surface area contributed by atoms with Gasteiger partial charge in [0.25, 0.3) is 0 Å². The van der Waals surface area contributed by atoms with E-state index in [1.165, 1.54) is 57.8 Å². The summed E-state index contributed by atoms with van der Waals surface area (Å²) in [6.45, 7) is 20.5. The zero-order valence-corrected chi connectivity index (χ0v) is 25.3. The minimum absolute atomic E-state index is 0.237. The number of hydrogen-bond donors (Lipinski definition) is 0. The average Bonchev–Trinajstić information content (AvgIpc) is 2.80. The van der Waals surface area contributed by atoms with Crippen LogP contribution < -0.4 is 0 Å². The maximum absolute atomic E-state index is 6.08. The minimum atomic E-state index is -1.67. The molecule has 0 unspecified atom stereocenters. The lowest BCUT2D eigenvalue weighted by molar-refractivity contribution is -0.0131. The molecule has 0 fully saturated rings. The molecule has 0 aromatic rings. The molecule has 0 aromatic heterocycles. The van der Waals surface area contributed by atoms with E-state index in [4.69, 9.17) is 28.1 Å². The third kappa shape index (κ3) is 24.1. The van der Waals surface area contributed by atoms with Gasteiger partial charge in [-0.15, -0.1) is 0 Å². The third-order valence-electron chi connectivity index (χ3n) is 6.63. The van der Waals surface area contributed by atoms with Crippen LogP contribution in [0.5, 0.6) is 0 Å². The van der Waals surface area contributed by atoms with Gasteiger partial charge in [0.15, 0.2) is 8.32 Å². The summed E-state index contributed by atoms with van der Waals surface area (Å²) in [5.74, 6) is 0. The summed E-state index contributed by atoms with van der Waals surface area (Å²) in [6, 6.07) is 0. The van der Waals surface area contributed by atoms with Gasteiger partial charge in [0.2, 0.25) is 0 Å². The maximum Gasteiger partial charge on any atom is 0.192 e. The second-order valence-corrected chi connectivity index (χ2v) is 15.7. The first-order chi connectivity index (χ1) is 16.8. The number of hydrogen-bond acceptors (Lipinski definition) is 6. The van der Waals surface area contributed by atoms with Crippen molar-refractivity contribution >= 4 is 8.32 Å². The molecule has 0 heterocycles. The van der Waals surface area contributed by atoms with Gasteiger partial charge in [0.05, 0.1) is 66.1 Å². The fourth-order valence-electron chi connectivity index (χ4n) is 3.25. The first-order valence-corrected chi connectivity index (χ1v) is 17.2. The minimum Gasteiger partial charge on any atom is -0.414 e. The largest absolute Gasteiger partial charge is 0.414 e. The van der Waals surface area contributed by atoms with Crippen LogP contribution in [-0.4, -0.2) is 81.0 Å². The van der Waals surface area contributed by atoms with E-state index in [1.54, 1.807) is 0 Å². The van der Waals surface area contributed by atoms with Gasteiger partial charge in [-0.1, -0.05) is 85.5 Å². The van der Waals surface area contributed by atoms with Gasteiger partial charge in [-0.3, -0.25) is 0 Å². The van der Waals surface area contributed by atoms with Crippen LogP contribution in [0, 0.1) is 0 Å². The van der Waals surface area contributed by atoms with Crippen LogP contribution >= 0.6 is 0 Å². The highest BCUT2D eigenvalue weighted by Gasteiger charge is 2.36. The summed E-state index contributed by atoms with van der Waals surface area (Å²) in [7, 11) is -1.67. The van der Waals surface area contributed by atoms with Crippen LogP contribution in [0.25, 0.3) is 0 Å². The van der Waals surface area contributed by atoms with Crippen molar-refractivity contribution in [3.63, 3.8) is 0 Å². The van der Waals surface area contributed by atoms with Gasteiger partial charge in [0.1, 0.15) is 0 Å². The maximum atomic E-state index is 6.08. The Kier molecular flexibility index (Phi) is 24.3. The Morgan fingerprint density at radius 3 is 1.11 bits per heavy atom. The molecule has 0 radical (unpaired) electrons. The average molecular weight is 521 g/mol. The first-order valence-electron chi connectivity index (χ1n) is 14.3. The zero-order valence-electron chi connectivity index (χ0n) is 24.3. The molecule has 0 bridgehead atoms. The Balaban J connectivity index is 3.14. The third-order valence-corrected chi connectivity index (χ3v) is 11.2. The number of unbranched alkanes of at least 4 members (excludes halogenated alkanes) is 9. The van der Waals surface area contributed by atoms with Crippen molar-refractivity contribution in [3.8, 4) is 0 Å². The van der Waals surface area contributed by atoms with Gasteiger partial charge in [-0.2, -0.15) is 0 Å². The number of rotatable bonds is 27. The first kappa shape index (κ1) is 35.0. The highest BCUT2D eigenvalue weighted by molar-refractivity contribution is 6.74. The van der Waals surface area contributed by atoms with Crippen LogP contribution in [-0.2, 0) is 28.1 Å². The van der Waals surface area contributed by atoms with Crippen LogP contribution in [0.3, 0.4) is 0 Å². The standard InChI is InChI=1S/C28H60O6Si/c1-7-8-9-10-11-12-13-14-15-16-17-29-18-19-30-20-21-31-22-23-32-24-25-33-26-27-34-35(5,6)28(2,3)4/h7-27H2,1-6H3. The predicted octanol–water partition coefficient (Wildman–Crippen LogP) is 7.01. The zero-order chi connectivity index (χ0) is 26.1. The van der Waals surface area contributed by atoms with Crippen molar-refractivity contribution < 1.29 is 28.1 Å². The van der Waals surface area contributed by atoms with E-state index in [0.717, 1.165) is 13.0 Å². The van der Waals surface area contributed by atoms with Crippen LogP contribution in [0.4, 0.5) is 0 Å². The molecule has 0 N–H and O–H groups in total. The second-order valence-electron chi connectivity index (χ2n) is 10.9. The van der Waals surface area contributed by atoms with Gasteiger partial charge >= 0.3 is 0 Å². The molecule has 0 amide bonds. The summed E-state index contributed by atoms with van der Waals surface area (Å²) in [6.07, 6.45) is 13.5. The van der Waals surface area contributed by atoms with E-state index in [0.29, 0.717) is 66.1 Å². The normalized spacial score (nSPS) is 12.5. The topological polar surface area (TPSA) is 55.4 Å². The van der Waals surface area contributed by atoms with Crippen LogP contribution in [0.15, 0.2) is 0 Å². The monoisotopic (exact) mass is 520 g/mol. The summed E-state index contributed by atoms with van der Waals surface area (Å²) in [5, 5.41) is 0.237. The molecule has 0 aliphatic heterocycles. The van der Waals surface area contributed by atoms with E-state index in [-0.39, 0.29) is 5.04 Å². The van der Waals surface area contributed by atoms with Crippen molar-refractivity contribution in [2.45, 2.75) is 110 Å². The van der Waals surface area contributed by atoms with Gasteiger partial charge in [-0.05, 0) is 24.6 Å². The lowest BCUT2D eigenvalue weighted by Crippen LogP contribution is -2.41. The van der Waals surface area contributed by atoms with Gasteiger partial charge < -0.3 is 28.1 Å². The predicted molar refractivity (Wildman–Crippen MR) is 149 cm³/mol. The summed E-state index contributed by atoms with van der Waals surface area (Å²) in [4.78, 5) is 0. The smallest absolute Gasteiger partial charge is 0.192 e. The molecule has 0 aliphatic rings. The van der Waals surface area contributed by atoms with Crippen LogP contribution in [0.2, 0.25) is 18.1 Å². The molecule has 35 heavy (non-hydrogen) atoms. The van der Waals surface area contributed by atoms with Crippen molar-refractivity contribution in [1.29, 1.82) is 0 Å². The molecule has 0 aliphatic carbocycles. The van der Waals surface area contributed by atoms with Gasteiger partial charge in [-0.25, -0.2) is 0 Å². The summed E-state index contributed by atoms with van der Waals surface area (Å²) in [5.41, 5.74) is 0. The molecule has 0 atom stereocenters. The fraction of sp³-hybridized carbons (Fsp3) is 1.00. The van der Waals surface area contributed by atoms with E-state index in [2.05, 4.69) is 40.8 Å². The second kappa shape index (κ2) is 24.3. The lowest BCUT2D eigenvalue weighted by Gasteiger charge is -2.36. The van der Waals surface area contributed by atoms with E-state index >= 15 is 0 Å². The lowest BCUT2D eigenvalue weighted by atomic mass is 10.1. The Morgan fingerprint density at radius 2 is 0.743 bits per heavy atom. The highest BCUT2D eigenvalue weighted by atomic mass is 28.4. The molecule has 212 valence electrons. The summed E-state index contributed by atoms with van der Waals surface area (Å²) < 4.78 is 33.9. The summed E-state index contributed by atoms with van der Waals surface area (Å²) >= 11 is 0. The van der Waals surface area contributed by atoms with Crippen molar-refractivity contribution in [2.75, 3.05) is 72.7 Å². The molecular weight excluding hydrogens is 460 g/mol. The molecule has 7 heteroatoms.